The highest BCUT2D eigenvalue weighted by atomic mass is 19.1. The number of anilines is 1. The normalized spacial score (nSPS) is 21.1. The van der Waals surface area contributed by atoms with E-state index in [2.05, 4.69) is 31.2 Å². The van der Waals surface area contributed by atoms with Crippen molar-refractivity contribution in [2.45, 2.75) is 39.7 Å². The molecule has 3 aromatic rings. The molecule has 1 aliphatic rings. The lowest BCUT2D eigenvalue weighted by atomic mass is 9.80. The summed E-state index contributed by atoms with van der Waals surface area (Å²) in [6, 6.07) is 8.52. The van der Waals surface area contributed by atoms with Crippen molar-refractivity contribution in [3.05, 3.63) is 54.1 Å². The zero-order valence-corrected chi connectivity index (χ0v) is 16.4. The van der Waals surface area contributed by atoms with Gasteiger partial charge in [-0.25, -0.2) is 8.91 Å². The van der Waals surface area contributed by atoms with Gasteiger partial charge in [0.15, 0.2) is 0 Å². The number of hydrogen-bond donors (Lipinski definition) is 2. The zero-order valence-electron chi connectivity index (χ0n) is 16.4. The molecule has 0 spiro atoms. The molecule has 0 saturated heterocycles. The molecule has 3 N–H and O–H groups in total. The van der Waals surface area contributed by atoms with Crippen molar-refractivity contribution in [1.82, 2.24) is 9.61 Å². The van der Waals surface area contributed by atoms with Crippen molar-refractivity contribution in [1.29, 1.82) is 0 Å². The number of amides is 1. The van der Waals surface area contributed by atoms with Crippen LogP contribution in [0.1, 0.15) is 44.0 Å². The summed E-state index contributed by atoms with van der Waals surface area (Å²) in [4.78, 5) is 12.1. The zero-order chi connectivity index (χ0) is 20.1. The van der Waals surface area contributed by atoms with Crippen LogP contribution in [-0.4, -0.2) is 21.6 Å². The van der Waals surface area contributed by atoms with Crippen molar-refractivity contribution in [2.24, 2.45) is 17.1 Å². The van der Waals surface area contributed by atoms with E-state index < -0.39 is 5.91 Å². The lowest BCUT2D eigenvalue weighted by molar-refractivity contribution is 0.100. The van der Waals surface area contributed by atoms with Gasteiger partial charge in [0, 0.05) is 17.8 Å². The number of benzene rings is 1. The Hall–Kier alpha value is -2.89. The van der Waals surface area contributed by atoms with E-state index in [1.54, 1.807) is 16.6 Å². The van der Waals surface area contributed by atoms with E-state index in [-0.39, 0.29) is 17.3 Å². The van der Waals surface area contributed by atoms with Gasteiger partial charge in [-0.3, -0.25) is 4.79 Å². The molecule has 28 heavy (non-hydrogen) atoms. The smallest absolute Gasteiger partial charge is 0.252 e. The molecule has 1 fully saturated rings. The number of primary amides is 1. The fourth-order valence-electron chi connectivity index (χ4n) is 4.13. The molecule has 1 amide bonds. The Morgan fingerprint density at radius 1 is 1.25 bits per heavy atom. The number of nitrogens with zero attached hydrogens (tertiary/aromatic N) is 2. The summed E-state index contributed by atoms with van der Waals surface area (Å²) in [7, 11) is 0. The van der Waals surface area contributed by atoms with Gasteiger partial charge in [-0.2, -0.15) is 5.10 Å². The van der Waals surface area contributed by atoms with Crippen LogP contribution in [0.25, 0.3) is 16.6 Å². The van der Waals surface area contributed by atoms with Crippen molar-refractivity contribution in [3.8, 4) is 11.1 Å². The summed E-state index contributed by atoms with van der Waals surface area (Å²) < 4.78 is 15.0. The lowest BCUT2D eigenvalue weighted by Gasteiger charge is -2.33. The van der Waals surface area contributed by atoms with Crippen molar-refractivity contribution < 1.29 is 9.18 Å². The van der Waals surface area contributed by atoms with Gasteiger partial charge < -0.3 is 11.1 Å². The highest BCUT2D eigenvalue weighted by Gasteiger charge is 2.41. The van der Waals surface area contributed by atoms with E-state index in [0.717, 1.165) is 29.5 Å². The Bertz CT molecular complexity index is 1040. The summed E-state index contributed by atoms with van der Waals surface area (Å²) in [5.41, 5.74) is 9.40. The molecule has 146 valence electrons. The first kappa shape index (κ1) is 18.5. The van der Waals surface area contributed by atoms with Gasteiger partial charge in [-0.1, -0.05) is 32.9 Å². The maximum atomic E-state index is 13.3. The molecule has 1 aliphatic carbocycles. The van der Waals surface area contributed by atoms with Crippen LogP contribution in [0.4, 0.5) is 10.1 Å². The van der Waals surface area contributed by atoms with Gasteiger partial charge in [0.1, 0.15) is 5.82 Å². The molecule has 0 bridgehead atoms. The standard InChI is InChI=1S/C22H25FN4O/c1-13-4-9-19(22(13,2)3)26-20-17(21(24)28)11-25-27-12-15(10-18(20)27)14-5-7-16(23)8-6-14/h5-8,10-13,19,26H,4,9H2,1-3H3,(H2,24,28)/t13?,19-/m1/s1. The van der Waals surface area contributed by atoms with E-state index in [4.69, 9.17) is 5.73 Å². The summed E-state index contributed by atoms with van der Waals surface area (Å²) in [6.45, 7) is 6.78. The average molecular weight is 380 g/mol. The lowest BCUT2D eigenvalue weighted by Crippen LogP contribution is -2.35. The molecular formula is C22H25FN4O. The highest BCUT2D eigenvalue weighted by molar-refractivity contribution is 6.02. The molecule has 2 atom stereocenters. The molecule has 4 rings (SSSR count). The summed E-state index contributed by atoms with van der Waals surface area (Å²) >= 11 is 0. The van der Waals surface area contributed by atoms with Crippen LogP contribution >= 0.6 is 0 Å². The minimum atomic E-state index is -0.508. The minimum Gasteiger partial charge on any atom is -0.379 e. The van der Waals surface area contributed by atoms with Crippen LogP contribution in [-0.2, 0) is 0 Å². The number of hydrogen-bond acceptors (Lipinski definition) is 3. The molecule has 2 heterocycles. The van der Waals surface area contributed by atoms with Gasteiger partial charge in [0.25, 0.3) is 5.91 Å². The van der Waals surface area contributed by atoms with Gasteiger partial charge in [-0.15, -0.1) is 0 Å². The molecule has 1 aromatic carbocycles. The first-order valence-corrected chi connectivity index (χ1v) is 9.61. The van der Waals surface area contributed by atoms with Crippen LogP contribution in [0.5, 0.6) is 0 Å². The fraction of sp³-hybridized carbons (Fsp3) is 0.364. The summed E-state index contributed by atoms with van der Waals surface area (Å²) in [5, 5.41) is 7.96. The molecule has 1 saturated carbocycles. The Kier molecular flexibility index (Phi) is 4.37. The number of carbonyl (C=O) groups is 1. The third kappa shape index (κ3) is 3.03. The first-order chi connectivity index (χ1) is 13.3. The molecule has 1 unspecified atom stereocenters. The second-order valence-electron chi connectivity index (χ2n) is 8.36. The SMILES string of the molecule is CC1CC[C@@H](Nc2c(C(N)=O)cnn3cc(-c4ccc(F)cc4)cc23)C1(C)C. The molecule has 5 nitrogen and oxygen atoms in total. The largest absolute Gasteiger partial charge is 0.379 e. The summed E-state index contributed by atoms with van der Waals surface area (Å²) in [6.07, 6.45) is 5.56. The highest BCUT2D eigenvalue weighted by Crippen LogP contribution is 2.44. The number of carbonyl (C=O) groups excluding carboxylic acids is 1. The third-order valence-corrected chi connectivity index (χ3v) is 6.46. The van der Waals surface area contributed by atoms with E-state index in [1.807, 2.05) is 12.3 Å². The third-order valence-electron chi connectivity index (χ3n) is 6.46. The number of aromatic nitrogens is 2. The average Bonchev–Trinajstić information content (AvgIpc) is 3.19. The van der Waals surface area contributed by atoms with Gasteiger partial charge >= 0.3 is 0 Å². The quantitative estimate of drug-likeness (QED) is 0.701. The van der Waals surface area contributed by atoms with Crippen LogP contribution in [0, 0.1) is 17.2 Å². The first-order valence-electron chi connectivity index (χ1n) is 9.61. The molecule has 2 aromatic heterocycles. The van der Waals surface area contributed by atoms with Gasteiger partial charge in [0.2, 0.25) is 0 Å². The van der Waals surface area contributed by atoms with Gasteiger partial charge in [-0.05, 0) is 47.9 Å². The number of halogens is 1. The Balaban J connectivity index is 1.82. The number of nitrogens with one attached hydrogen (secondary N) is 1. The summed E-state index contributed by atoms with van der Waals surface area (Å²) in [5.74, 6) is -0.200. The second kappa shape index (κ2) is 6.62. The van der Waals surface area contributed by atoms with Gasteiger partial charge in [0.05, 0.1) is 23.0 Å². The Labute approximate surface area is 163 Å². The monoisotopic (exact) mass is 380 g/mol. The van der Waals surface area contributed by atoms with E-state index in [1.165, 1.54) is 18.3 Å². The van der Waals surface area contributed by atoms with Crippen molar-refractivity contribution >= 4 is 17.1 Å². The maximum Gasteiger partial charge on any atom is 0.252 e. The minimum absolute atomic E-state index is 0.0988. The maximum absolute atomic E-state index is 13.3. The van der Waals surface area contributed by atoms with E-state index >= 15 is 0 Å². The molecule has 0 radical (unpaired) electrons. The predicted octanol–water partition coefficient (Wildman–Crippen LogP) is 4.48. The molecular weight excluding hydrogens is 355 g/mol. The van der Waals surface area contributed by atoms with Crippen molar-refractivity contribution in [2.75, 3.05) is 5.32 Å². The van der Waals surface area contributed by atoms with Crippen LogP contribution in [0.15, 0.2) is 42.7 Å². The van der Waals surface area contributed by atoms with Crippen molar-refractivity contribution in [3.63, 3.8) is 0 Å². The number of fused-ring (bicyclic) bond motifs is 1. The van der Waals surface area contributed by atoms with E-state index in [9.17, 15) is 9.18 Å². The Morgan fingerprint density at radius 2 is 1.96 bits per heavy atom. The van der Waals surface area contributed by atoms with Crippen LogP contribution in [0.2, 0.25) is 0 Å². The predicted molar refractivity (Wildman–Crippen MR) is 109 cm³/mol. The number of rotatable bonds is 4. The second-order valence-corrected chi connectivity index (χ2v) is 8.36. The van der Waals surface area contributed by atoms with Crippen LogP contribution < -0.4 is 11.1 Å². The Morgan fingerprint density at radius 3 is 2.57 bits per heavy atom. The fourth-order valence-corrected chi connectivity index (χ4v) is 4.13. The van der Waals surface area contributed by atoms with E-state index in [0.29, 0.717) is 17.2 Å². The molecule has 6 heteroatoms. The number of nitrogens with two attached hydrogens (primary N) is 1. The topological polar surface area (TPSA) is 72.4 Å². The van der Waals surface area contributed by atoms with Crippen LogP contribution in [0.3, 0.4) is 0 Å². The molecule has 0 aliphatic heterocycles.